The number of benzene rings is 2. The zero-order chi connectivity index (χ0) is 19.5. The molecule has 4 rings (SSSR count). The second-order valence-corrected chi connectivity index (χ2v) is 7.52. The number of halogens is 1. The highest BCUT2D eigenvalue weighted by molar-refractivity contribution is 6.30. The van der Waals surface area contributed by atoms with Gasteiger partial charge in [-0.3, -0.25) is 4.79 Å². The number of nitrogens with zero attached hydrogens (tertiary/aromatic N) is 3. The van der Waals surface area contributed by atoms with E-state index in [-0.39, 0.29) is 25.1 Å². The summed E-state index contributed by atoms with van der Waals surface area (Å²) in [6, 6.07) is 15.1. The predicted molar refractivity (Wildman–Crippen MR) is 109 cm³/mol. The molecule has 6 nitrogen and oxygen atoms in total. The molecule has 2 heterocycles. The Kier molecular flexibility index (Phi) is 5.50. The van der Waals surface area contributed by atoms with Crippen molar-refractivity contribution in [1.29, 1.82) is 0 Å². The SMILES string of the molecule is NC1CCCN(C(=O)Cn2c(COc3ccc(Cl)cc3)nc3ccccc32)C1. The van der Waals surface area contributed by atoms with Gasteiger partial charge < -0.3 is 19.9 Å². The predicted octanol–water partition coefficient (Wildman–Crippen LogP) is 3.22. The number of piperidine rings is 1. The molecule has 1 fully saturated rings. The maximum Gasteiger partial charge on any atom is 0.242 e. The lowest BCUT2D eigenvalue weighted by molar-refractivity contribution is -0.133. The van der Waals surface area contributed by atoms with E-state index in [0.717, 1.165) is 30.4 Å². The van der Waals surface area contributed by atoms with Crippen LogP contribution in [0.3, 0.4) is 0 Å². The molecule has 1 aliphatic rings. The van der Waals surface area contributed by atoms with Gasteiger partial charge in [-0.1, -0.05) is 23.7 Å². The summed E-state index contributed by atoms with van der Waals surface area (Å²) in [6.45, 7) is 1.87. The van der Waals surface area contributed by atoms with Crippen LogP contribution in [0.4, 0.5) is 0 Å². The molecule has 1 saturated heterocycles. The van der Waals surface area contributed by atoms with Crippen LogP contribution in [-0.2, 0) is 17.9 Å². The van der Waals surface area contributed by atoms with Gasteiger partial charge in [-0.2, -0.15) is 0 Å². The van der Waals surface area contributed by atoms with E-state index >= 15 is 0 Å². The van der Waals surface area contributed by atoms with Crippen molar-refractivity contribution in [2.24, 2.45) is 5.73 Å². The highest BCUT2D eigenvalue weighted by atomic mass is 35.5. The molecule has 3 aromatic rings. The number of ether oxygens (including phenoxy) is 1. The molecule has 0 bridgehead atoms. The summed E-state index contributed by atoms with van der Waals surface area (Å²) < 4.78 is 7.81. The van der Waals surface area contributed by atoms with Crippen molar-refractivity contribution in [3.05, 3.63) is 59.4 Å². The molecular weight excluding hydrogens is 376 g/mol. The first-order valence-electron chi connectivity index (χ1n) is 9.46. The number of imidazole rings is 1. The van der Waals surface area contributed by atoms with Crippen LogP contribution in [0.1, 0.15) is 18.7 Å². The second kappa shape index (κ2) is 8.20. The third kappa shape index (κ3) is 4.13. The number of fused-ring (bicyclic) bond motifs is 1. The van der Waals surface area contributed by atoms with Crippen molar-refractivity contribution in [2.45, 2.75) is 32.0 Å². The Morgan fingerprint density at radius 3 is 2.79 bits per heavy atom. The van der Waals surface area contributed by atoms with Crippen LogP contribution in [0.5, 0.6) is 5.75 Å². The quantitative estimate of drug-likeness (QED) is 0.716. The Morgan fingerprint density at radius 2 is 2.00 bits per heavy atom. The van der Waals surface area contributed by atoms with Gasteiger partial charge in [-0.05, 0) is 49.2 Å². The topological polar surface area (TPSA) is 73.4 Å². The molecule has 2 aromatic carbocycles. The Hall–Kier alpha value is -2.57. The number of likely N-dealkylation sites (tertiary alicyclic amines) is 1. The normalized spacial score (nSPS) is 17.1. The van der Waals surface area contributed by atoms with Crippen LogP contribution in [0.2, 0.25) is 5.02 Å². The highest BCUT2D eigenvalue weighted by Crippen LogP contribution is 2.20. The van der Waals surface area contributed by atoms with E-state index in [1.165, 1.54) is 0 Å². The standard InChI is InChI=1S/C21H23ClN4O2/c22-15-7-9-17(10-8-15)28-14-20-24-18-5-1-2-6-19(18)26(20)13-21(27)25-11-3-4-16(23)12-25/h1-2,5-10,16H,3-4,11-14,23H2. The van der Waals surface area contributed by atoms with Crippen molar-refractivity contribution in [2.75, 3.05) is 13.1 Å². The number of carbonyl (C=O) groups is 1. The van der Waals surface area contributed by atoms with E-state index in [9.17, 15) is 4.79 Å². The summed E-state index contributed by atoms with van der Waals surface area (Å²) in [4.78, 5) is 19.4. The number of hydrogen-bond acceptors (Lipinski definition) is 4. The van der Waals surface area contributed by atoms with Gasteiger partial charge in [-0.15, -0.1) is 0 Å². The molecule has 146 valence electrons. The zero-order valence-electron chi connectivity index (χ0n) is 15.6. The van der Waals surface area contributed by atoms with Gasteiger partial charge >= 0.3 is 0 Å². The number of hydrogen-bond donors (Lipinski definition) is 1. The molecule has 0 radical (unpaired) electrons. The van der Waals surface area contributed by atoms with E-state index in [0.29, 0.717) is 23.1 Å². The van der Waals surface area contributed by atoms with E-state index < -0.39 is 0 Å². The maximum absolute atomic E-state index is 12.9. The fourth-order valence-electron chi connectivity index (χ4n) is 3.56. The average Bonchev–Trinajstić information content (AvgIpc) is 3.05. The molecule has 1 atom stereocenters. The van der Waals surface area contributed by atoms with Crippen molar-refractivity contribution >= 4 is 28.5 Å². The third-order valence-corrected chi connectivity index (χ3v) is 5.27. The van der Waals surface area contributed by atoms with Gasteiger partial charge in [0.15, 0.2) is 0 Å². The van der Waals surface area contributed by atoms with Gasteiger partial charge in [0.1, 0.15) is 24.7 Å². The molecule has 1 unspecified atom stereocenters. The highest BCUT2D eigenvalue weighted by Gasteiger charge is 2.23. The number of amides is 1. The van der Waals surface area contributed by atoms with E-state index in [2.05, 4.69) is 4.98 Å². The second-order valence-electron chi connectivity index (χ2n) is 7.09. The summed E-state index contributed by atoms with van der Waals surface area (Å²) in [5, 5.41) is 0.657. The molecular formula is C21H23ClN4O2. The Morgan fingerprint density at radius 1 is 1.21 bits per heavy atom. The summed E-state index contributed by atoms with van der Waals surface area (Å²) in [7, 11) is 0. The van der Waals surface area contributed by atoms with Crippen LogP contribution in [0.25, 0.3) is 11.0 Å². The van der Waals surface area contributed by atoms with Crippen LogP contribution < -0.4 is 10.5 Å². The Balaban J connectivity index is 1.56. The number of rotatable bonds is 5. The van der Waals surface area contributed by atoms with Crippen LogP contribution in [0.15, 0.2) is 48.5 Å². The first-order valence-corrected chi connectivity index (χ1v) is 9.84. The smallest absolute Gasteiger partial charge is 0.242 e. The van der Waals surface area contributed by atoms with Crippen LogP contribution >= 0.6 is 11.6 Å². The van der Waals surface area contributed by atoms with Crippen molar-refractivity contribution < 1.29 is 9.53 Å². The minimum absolute atomic E-state index is 0.0601. The largest absolute Gasteiger partial charge is 0.486 e. The molecule has 1 aromatic heterocycles. The number of nitrogens with two attached hydrogens (primary N) is 1. The lowest BCUT2D eigenvalue weighted by atomic mass is 10.1. The molecule has 1 aliphatic heterocycles. The van der Waals surface area contributed by atoms with Gasteiger partial charge in [-0.25, -0.2) is 4.98 Å². The monoisotopic (exact) mass is 398 g/mol. The van der Waals surface area contributed by atoms with Crippen LogP contribution in [-0.4, -0.2) is 39.5 Å². The summed E-state index contributed by atoms with van der Waals surface area (Å²) in [6.07, 6.45) is 1.92. The fourth-order valence-corrected chi connectivity index (χ4v) is 3.69. The Labute approximate surface area is 168 Å². The summed E-state index contributed by atoms with van der Waals surface area (Å²) in [5.41, 5.74) is 7.81. The first-order chi connectivity index (χ1) is 13.6. The molecule has 7 heteroatoms. The number of carbonyl (C=O) groups excluding carboxylic acids is 1. The average molecular weight is 399 g/mol. The van der Waals surface area contributed by atoms with Gasteiger partial charge in [0.05, 0.1) is 11.0 Å². The minimum atomic E-state index is 0.0601. The first kappa shape index (κ1) is 18.8. The van der Waals surface area contributed by atoms with Crippen molar-refractivity contribution in [3.8, 4) is 5.75 Å². The number of aromatic nitrogens is 2. The minimum Gasteiger partial charge on any atom is -0.486 e. The van der Waals surface area contributed by atoms with E-state index in [4.69, 9.17) is 22.1 Å². The van der Waals surface area contributed by atoms with Crippen molar-refractivity contribution in [3.63, 3.8) is 0 Å². The molecule has 0 saturated carbocycles. The summed E-state index contributed by atoms with van der Waals surface area (Å²) in [5.74, 6) is 1.48. The lowest BCUT2D eigenvalue weighted by Crippen LogP contribution is -2.46. The molecule has 2 N–H and O–H groups in total. The number of para-hydroxylation sites is 2. The molecule has 0 spiro atoms. The third-order valence-electron chi connectivity index (χ3n) is 5.02. The van der Waals surface area contributed by atoms with E-state index in [1.807, 2.05) is 45.9 Å². The molecule has 0 aliphatic carbocycles. The molecule has 28 heavy (non-hydrogen) atoms. The van der Waals surface area contributed by atoms with Crippen LogP contribution in [0, 0.1) is 0 Å². The maximum atomic E-state index is 12.9. The van der Waals surface area contributed by atoms with Crippen molar-refractivity contribution in [1.82, 2.24) is 14.5 Å². The molecule has 1 amide bonds. The summed E-state index contributed by atoms with van der Waals surface area (Å²) >= 11 is 5.93. The Bertz CT molecular complexity index is 970. The zero-order valence-corrected chi connectivity index (χ0v) is 16.3. The van der Waals surface area contributed by atoms with E-state index in [1.54, 1.807) is 12.1 Å². The van der Waals surface area contributed by atoms with Gasteiger partial charge in [0, 0.05) is 24.2 Å². The lowest BCUT2D eigenvalue weighted by Gasteiger charge is -2.31. The van der Waals surface area contributed by atoms with Gasteiger partial charge in [0.25, 0.3) is 0 Å². The van der Waals surface area contributed by atoms with Gasteiger partial charge in [0.2, 0.25) is 5.91 Å². The fraction of sp³-hybridized carbons (Fsp3) is 0.333.